The quantitative estimate of drug-likeness (QED) is 0.623. The van der Waals surface area contributed by atoms with Crippen LogP contribution in [0.15, 0.2) is 23.3 Å². The van der Waals surface area contributed by atoms with Gasteiger partial charge in [0.25, 0.3) is 0 Å². The van der Waals surface area contributed by atoms with Crippen LogP contribution in [0, 0.1) is 11.8 Å². The van der Waals surface area contributed by atoms with Gasteiger partial charge in [-0.25, -0.2) is 0 Å². The molecule has 0 unspecified atom stereocenters. The Labute approximate surface area is 145 Å². The summed E-state index contributed by atoms with van der Waals surface area (Å²) in [7, 11) is 0. The second-order valence-electron chi connectivity index (χ2n) is 7.82. The zero-order valence-corrected chi connectivity index (χ0v) is 15.0. The number of nitrogens with zero attached hydrogens (tertiary/aromatic N) is 1. The SMILES string of the molecule is C/C1=C\[C@@H](O)[C@H]2[C@H](C/C(C)=C/CC1)OC(=O)[C@@H]2CN1CCCCC1. The van der Waals surface area contributed by atoms with E-state index in [0.717, 1.165) is 38.9 Å². The van der Waals surface area contributed by atoms with Crippen molar-refractivity contribution in [3.63, 3.8) is 0 Å². The van der Waals surface area contributed by atoms with Crippen LogP contribution < -0.4 is 0 Å². The molecule has 3 rings (SSSR count). The monoisotopic (exact) mass is 333 g/mol. The molecule has 2 fully saturated rings. The number of carbonyl (C=O) groups is 1. The van der Waals surface area contributed by atoms with E-state index in [1.165, 1.54) is 30.4 Å². The molecule has 2 heterocycles. The second-order valence-corrected chi connectivity index (χ2v) is 7.82. The zero-order chi connectivity index (χ0) is 17.1. The van der Waals surface area contributed by atoms with Gasteiger partial charge in [-0.3, -0.25) is 4.79 Å². The van der Waals surface area contributed by atoms with Crippen LogP contribution in [0.1, 0.15) is 52.4 Å². The molecule has 134 valence electrons. The van der Waals surface area contributed by atoms with Gasteiger partial charge in [0.2, 0.25) is 0 Å². The molecule has 0 aromatic carbocycles. The Bertz CT molecular complexity index is 519. The number of ether oxygens (including phenoxy) is 1. The summed E-state index contributed by atoms with van der Waals surface area (Å²) in [5.74, 6) is -0.456. The lowest BCUT2D eigenvalue weighted by molar-refractivity contribution is -0.144. The molecule has 0 aromatic heterocycles. The fraction of sp³-hybridized carbons (Fsp3) is 0.750. The van der Waals surface area contributed by atoms with Gasteiger partial charge in [-0.05, 0) is 52.6 Å². The Morgan fingerprint density at radius 2 is 1.96 bits per heavy atom. The standard InChI is InChI=1S/C20H31NO3/c1-14-7-6-8-15(2)12-18-19(17(22)11-14)16(20(23)24-18)13-21-9-4-3-5-10-21/h8,11,16-19,22H,3-7,9-10,12-13H2,1-2H3/b14-11+,15-8+/t16-,17-,18+,19+/m1/s1. The summed E-state index contributed by atoms with van der Waals surface area (Å²) in [6.07, 6.45) is 9.82. The minimum absolute atomic E-state index is 0.118. The number of fused-ring (bicyclic) bond motifs is 1. The third-order valence-electron chi connectivity index (χ3n) is 5.77. The van der Waals surface area contributed by atoms with Crippen molar-refractivity contribution < 1.29 is 14.6 Å². The van der Waals surface area contributed by atoms with Crippen molar-refractivity contribution in [2.24, 2.45) is 11.8 Å². The first-order chi connectivity index (χ1) is 11.5. The highest BCUT2D eigenvalue weighted by Gasteiger charge is 2.48. The highest BCUT2D eigenvalue weighted by Crippen LogP contribution is 2.37. The molecule has 4 atom stereocenters. The number of esters is 1. The molecule has 2 saturated heterocycles. The van der Waals surface area contributed by atoms with Crippen LogP contribution in [-0.2, 0) is 9.53 Å². The molecule has 1 N–H and O–H groups in total. The lowest BCUT2D eigenvalue weighted by atomic mass is 9.81. The van der Waals surface area contributed by atoms with E-state index in [1.54, 1.807) is 0 Å². The molecule has 0 spiro atoms. The summed E-state index contributed by atoms with van der Waals surface area (Å²) < 4.78 is 5.73. The van der Waals surface area contributed by atoms with E-state index < -0.39 is 6.10 Å². The molecule has 2 aliphatic heterocycles. The topological polar surface area (TPSA) is 49.8 Å². The summed E-state index contributed by atoms with van der Waals surface area (Å²) in [4.78, 5) is 14.9. The Hall–Kier alpha value is -1.13. The third-order valence-corrected chi connectivity index (χ3v) is 5.77. The van der Waals surface area contributed by atoms with Gasteiger partial charge in [-0.2, -0.15) is 0 Å². The zero-order valence-electron chi connectivity index (χ0n) is 15.0. The van der Waals surface area contributed by atoms with Gasteiger partial charge in [0.05, 0.1) is 12.0 Å². The van der Waals surface area contributed by atoms with Crippen molar-refractivity contribution in [3.05, 3.63) is 23.3 Å². The van der Waals surface area contributed by atoms with Crippen LogP contribution in [0.2, 0.25) is 0 Å². The molecular weight excluding hydrogens is 302 g/mol. The van der Waals surface area contributed by atoms with E-state index in [9.17, 15) is 9.90 Å². The highest BCUT2D eigenvalue weighted by atomic mass is 16.6. The summed E-state index contributed by atoms with van der Waals surface area (Å²) in [5, 5.41) is 10.8. The van der Waals surface area contributed by atoms with Gasteiger partial charge in [-0.1, -0.05) is 29.7 Å². The Morgan fingerprint density at radius 3 is 2.71 bits per heavy atom. The van der Waals surface area contributed by atoms with Crippen molar-refractivity contribution in [1.29, 1.82) is 0 Å². The molecule has 0 bridgehead atoms. The van der Waals surface area contributed by atoms with Gasteiger partial charge in [0, 0.05) is 18.9 Å². The summed E-state index contributed by atoms with van der Waals surface area (Å²) in [5.41, 5.74) is 2.46. The van der Waals surface area contributed by atoms with Crippen molar-refractivity contribution in [1.82, 2.24) is 4.90 Å². The average Bonchev–Trinajstić information content (AvgIpc) is 2.83. The summed E-state index contributed by atoms with van der Waals surface area (Å²) in [6, 6.07) is 0. The van der Waals surface area contributed by atoms with E-state index in [1.807, 2.05) is 6.08 Å². The first kappa shape index (κ1) is 17.7. The van der Waals surface area contributed by atoms with E-state index in [-0.39, 0.29) is 23.9 Å². The van der Waals surface area contributed by atoms with Crippen LogP contribution in [-0.4, -0.2) is 47.8 Å². The minimum atomic E-state index is -0.595. The lowest BCUT2D eigenvalue weighted by Crippen LogP contribution is -2.41. The molecular formula is C20H31NO3. The number of carbonyl (C=O) groups excluding carboxylic acids is 1. The predicted molar refractivity (Wildman–Crippen MR) is 94.5 cm³/mol. The molecule has 24 heavy (non-hydrogen) atoms. The van der Waals surface area contributed by atoms with Gasteiger partial charge < -0.3 is 14.7 Å². The number of piperidine rings is 1. The van der Waals surface area contributed by atoms with E-state index in [0.29, 0.717) is 0 Å². The van der Waals surface area contributed by atoms with Crippen molar-refractivity contribution >= 4 is 5.97 Å². The van der Waals surface area contributed by atoms with Crippen LogP contribution in [0.3, 0.4) is 0 Å². The normalized spacial score (nSPS) is 40.0. The third kappa shape index (κ3) is 4.09. The fourth-order valence-electron chi connectivity index (χ4n) is 4.42. The first-order valence-electron chi connectivity index (χ1n) is 9.48. The number of aliphatic hydroxyl groups excluding tert-OH is 1. The minimum Gasteiger partial charge on any atom is -0.461 e. The van der Waals surface area contributed by atoms with E-state index in [4.69, 9.17) is 4.74 Å². The van der Waals surface area contributed by atoms with Gasteiger partial charge in [-0.15, -0.1) is 0 Å². The van der Waals surface area contributed by atoms with Gasteiger partial charge >= 0.3 is 5.97 Å². The van der Waals surface area contributed by atoms with Crippen molar-refractivity contribution in [2.45, 2.75) is 64.6 Å². The molecule has 0 aromatic rings. The Kier molecular flexibility index (Phi) is 5.77. The maximum atomic E-state index is 12.5. The maximum absolute atomic E-state index is 12.5. The van der Waals surface area contributed by atoms with Crippen LogP contribution in [0.25, 0.3) is 0 Å². The molecule has 1 aliphatic carbocycles. The van der Waals surface area contributed by atoms with E-state index in [2.05, 4.69) is 24.8 Å². The number of hydrogen-bond acceptors (Lipinski definition) is 4. The predicted octanol–water partition coefficient (Wildman–Crippen LogP) is 3.07. The Morgan fingerprint density at radius 1 is 1.21 bits per heavy atom. The number of allylic oxidation sites excluding steroid dienone is 2. The first-order valence-corrected chi connectivity index (χ1v) is 9.48. The highest BCUT2D eigenvalue weighted by molar-refractivity contribution is 5.76. The maximum Gasteiger partial charge on any atom is 0.311 e. The second kappa shape index (κ2) is 7.83. The molecule has 0 radical (unpaired) electrons. The van der Waals surface area contributed by atoms with Gasteiger partial charge in [0.15, 0.2) is 0 Å². The van der Waals surface area contributed by atoms with Crippen LogP contribution in [0.4, 0.5) is 0 Å². The fourth-order valence-corrected chi connectivity index (χ4v) is 4.42. The molecule has 0 saturated carbocycles. The molecule has 0 amide bonds. The number of likely N-dealkylation sites (tertiary alicyclic amines) is 1. The number of rotatable bonds is 2. The van der Waals surface area contributed by atoms with Gasteiger partial charge in [0.1, 0.15) is 6.10 Å². The average molecular weight is 333 g/mol. The smallest absolute Gasteiger partial charge is 0.311 e. The van der Waals surface area contributed by atoms with Crippen LogP contribution in [0.5, 0.6) is 0 Å². The number of hydrogen-bond donors (Lipinski definition) is 1. The Balaban J connectivity index is 1.81. The molecule has 4 heteroatoms. The summed E-state index contributed by atoms with van der Waals surface area (Å²) in [6.45, 7) is 7.03. The molecule has 4 nitrogen and oxygen atoms in total. The summed E-state index contributed by atoms with van der Waals surface area (Å²) >= 11 is 0. The van der Waals surface area contributed by atoms with Crippen LogP contribution >= 0.6 is 0 Å². The van der Waals surface area contributed by atoms with Crippen molar-refractivity contribution in [3.8, 4) is 0 Å². The number of aliphatic hydroxyl groups is 1. The molecule has 3 aliphatic rings. The van der Waals surface area contributed by atoms with Crippen molar-refractivity contribution in [2.75, 3.05) is 19.6 Å². The lowest BCUT2D eigenvalue weighted by Gasteiger charge is -2.31. The van der Waals surface area contributed by atoms with E-state index >= 15 is 0 Å². The largest absolute Gasteiger partial charge is 0.461 e.